The van der Waals surface area contributed by atoms with Gasteiger partial charge in [0, 0.05) is 0 Å². The SMILES string of the molecule is O=C1CNc2ccc(C(F)(F)F)cc2O1. The Hall–Kier alpha value is -1.72. The molecule has 0 fully saturated rings. The molecule has 2 rings (SSSR count). The number of nitrogens with one attached hydrogen (secondary N) is 1. The van der Waals surface area contributed by atoms with Gasteiger partial charge in [-0.25, -0.2) is 4.79 Å². The van der Waals surface area contributed by atoms with Crippen LogP contribution >= 0.6 is 0 Å². The molecule has 0 aliphatic carbocycles. The average molecular weight is 217 g/mol. The Morgan fingerprint density at radius 2 is 2.07 bits per heavy atom. The maximum absolute atomic E-state index is 12.3. The zero-order chi connectivity index (χ0) is 11.1. The van der Waals surface area contributed by atoms with E-state index in [0.717, 1.165) is 12.1 Å². The standard InChI is InChI=1S/C9H6F3NO2/c10-9(11,12)5-1-2-6-7(3-5)15-8(14)4-13-6/h1-3,13H,4H2. The minimum Gasteiger partial charge on any atom is -0.423 e. The van der Waals surface area contributed by atoms with Crippen LogP contribution < -0.4 is 10.1 Å². The van der Waals surface area contributed by atoms with Gasteiger partial charge in [0.05, 0.1) is 11.3 Å². The van der Waals surface area contributed by atoms with E-state index < -0.39 is 17.7 Å². The molecule has 3 nitrogen and oxygen atoms in total. The molecule has 1 aromatic rings. The van der Waals surface area contributed by atoms with Crippen molar-refractivity contribution in [1.82, 2.24) is 0 Å². The first kappa shape index (κ1) is 9.82. The highest BCUT2D eigenvalue weighted by molar-refractivity contribution is 5.83. The van der Waals surface area contributed by atoms with Crippen molar-refractivity contribution < 1.29 is 22.7 Å². The number of halogens is 3. The molecule has 6 heteroatoms. The Bertz CT molecular complexity index is 414. The molecule has 0 aromatic heterocycles. The van der Waals surface area contributed by atoms with Gasteiger partial charge in [-0.2, -0.15) is 13.2 Å². The lowest BCUT2D eigenvalue weighted by atomic mass is 10.1. The Balaban J connectivity index is 2.41. The molecule has 0 bridgehead atoms. The van der Waals surface area contributed by atoms with Crippen LogP contribution in [0, 0.1) is 0 Å². The molecule has 0 spiro atoms. The van der Waals surface area contributed by atoms with Crippen molar-refractivity contribution in [2.45, 2.75) is 6.18 Å². The number of anilines is 1. The molecular formula is C9H6F3NO2. The van der Waals surface area contributed by atoms with Gasteiger partial charge in [-0.3, -0.25) is 0 Å². The largest absolute Gasteiger partial charge is 0.423 e. The van der Waals surface area contributed by atoms with Crippen LogP contribution in [0.25, 0.3) is 0 Å². The number of alkyl halides is 3. The summed E-state index contributed by atoms with van der Waals surface area (Å²) in [4.78, 5) is 10.8. The number of hydrogen-bond donors (Lipinski definition) is 1. The minimum absolute atomic E-state index is 0.0294. The molecule has 1 aromatic carbocycles. The van der Waals surface area contributed by atoms with Gasteiger partial charge in [-0.1, -0.05) is 0 Å². The molecule has 0 radical (unpaired) electrons. The Morgan fingerprint density at radius 3 is 2.73 bits per heavy atom. The lowest BCUT2D eigenvalue weighted by Crippen LogP contribution is -2.25. The van der Waals surface area contributed by atoms with E-state index in [1.165, 1.54) is 6.07 Å². The van der Waals surface area contributed by atoms with E-state index in [1.807, 2.05) is 0 Å². The minimum atomic E-state index is -4.43. The number of fused-ring (bicyclic) bond motifs is 1. The van der Waals surface area contributed by atoms with Crippen molar-refractivity contribution in [2.24, 2.45) is 0 Å². The summed E-state index contributed by atoms with van der Waals surface area (Å²) in [6.07, 6.45) is -4.43. The molecule has 0 unspecified atom stereocenters. The molecule has 0 atom stereocenters. The molecule has 80 valence electrons. The first-order valence-electron chi connectivity index (χ1n) is 4.12. The summed E-state index contributed by atoms with van der Waals surface area (Å²) < 4.78 is 41.5. The van der Waals surface area contributed by atoms with Gasteiger partial charge in [0.25, 0.3) is 0 Å². The first-order chi connectivity index (χ1) is 6.97. The van der Waals surface area contributed by atoms with Gasteiger partial charge in [0.1, 0.15) is 6.54 Å². The van der Waals surface area contributed by atoms with E-state index >= 15 is 0 Å². The molecule has 15 heavy (non-hydrogen) atoms. The summed E-state index contributed by atoms with van der Waals surface area (Å²) in [5.74, 6) is -0.678. The lowest BCUT2D eigenvalue weighted by molar-refractivity contribution is -0.138. The second-order valence-corrected chi connectivity index (χ2v) is 3.04. The average Bonchev–Trinajstić information content (AvgIpc) is 2.15. The Morgan fingerprint density at radius 1 is 1.33 bits per heavy atom. The molecule has 0 saturated carbocycles. The smallest absolute Gasteiger partial charge is 0.416 e. The fourth-order valence-corrected chi connectivity index (χ4v) is 1.26. The highest BCUT2D eigenvalue weighted by Crippen LogP contribution is 2.36. The van der Waals surface area contributed by atoms with Crippen LogP contribution in [0.4, 0.5) is 18.9 Å². The van der Waals surface area contributed by atoms with E-state index in [-0.39, 0.29) is 12.3 Å². The summed E-state index contributed by atoms with van der Waals surface area (Å²) >= 11 is 0. The van der Waals surface area contributed by atoms with Gasteiger partial charge < -0.3 is 10.1 Å². The maximum Gasteiger partial charge on any atom is 0.416 e. The molecule has 1 heterocycles. The third-order valence-electron chi connectivity index (χ3n) is 1.96. The maximum atomic E-state index is 12.3. The van der Waals surface area contributed by atoms with Crippen molar-refractivity contribution in [3.63, 3.8) is 0 Å². The molecule has 0 amide bonds. The number of esters is 1. The quantitative estimate of drug-likeness (QED) is 0.533. The van der Waals surface area contributed by atoms with Gasteiger partial charge in [0.15, 0.2) is 5.75 Å². The molecule has 0 saturated heterocycles. The number of hydrogen-bond acceptors (Lipinski definition) is 3. The van der Waals surface area contributed by atoms with Crippen molar-refractivity contribution in [3.05, 3.63) is 23.8 Å². The zero-order valence-corrected chi connectivity index (χ0v) is 7.39. The number of carbonyl (C=O) groups is 1. The summed E-state index contributed by atoms with van der Waals surface area (Å²) in [5, 5.41) is 2.65. The summed E-state index contributed by atoms with van der Waals surface area (Å²) in [6, 6.07) is 2.98. The van der Waals surface area contributed by atoms with Crippen LogP contribution in [-0.4, -0.2) is 12.5 Å². The van der Waals surface area contributed by atoms with Crippen molar-refractivity contribution >= 4 is 11.7 Å². The first-order valence-corrected chi connectivity index (χ1v) is 4.12. The van der Waals surface area contributed by atoms with Crippen LogP contribution in [0.3, 0.4) is 0 Å². The van der Waals surface area contributed by atoms with E-state index in [2.05, 4.69) is 10.1 Å². The van der Waals surface area contributed by atoms with Gasteiger partial charge in [-0.15, -0.1) is 0 Å². The number of ether oxygens (including phenoxy) is 1. The van der Waals surface area contributed by atoms with Crippen LogP contribution in [-0.2, 0) is 11.0 Å². The van der Waals surface area contributed by atoms with Crippen LogP contribution in [0.15, 0.2) is 18.2 Å². The third kappa shape index (κ3) is 1.88. The Labute approximate surface area is 82.8 Å². The fraction of sp³-hybridized carbons (Fsp3) is 0.222. The van der Waals surface area contributed by atoms with E-state index in [9.17, 15) is 18.0 Å². The monoisotopic (exact) mass is 217 g/mol. The highest BCUT2D eigenvalue weighted by atomic mass is 19.4. The summed E-state index contributed by atoms with van der Waals surface area (Å²) in [6.45, 7) is -0.0294. The number of benzene rings is 1. The lowest BCUT2D eigenvalue weighted by Gasteiger charge is -2.18. The van der Waals surface area contributed by atoms with Crippen molar-refractivity contribution in [3.8, 4) is 5.75 Å². The van der Waals surface area contributed by atoms with Gasteiger partial charge in [0.2, 0.25) is 0 Å². The van der Waals surface area contributed by atoms with Crippen LogP contribution in [0.5, 0.6) is 5.75 Å². The second kappa shape index (κ2) is 3.15. The molecule has 1 aliphatic rings. The van der Waals surface area contributed by atoms with Crippen LogP contribution in [0.1, 0.15) is 5.56 Å². The molecule has 1 N–H and O–H groups in total. The predicted molar refractivity (Wildman–Crippen MR) is 45.6 cm³/mol. The van der Waals surface area contributed by atoms with Crippen molar-refractivity contribution in [1.29, 1.82) is 0 Å². The van der Waals surface area contributed by atoms with Gasteiger partial charge in [-0.05, 0) is 18.2 Å². The Kier molecular flexibility index (Phi) is 2.06. The van der Waals surface area contributed by atoms with E-state index in [1.54, 1.807) is 0 Å². The van der Waals surface area contributed by atoms with E-state index in [0.29, 0.717) is 5.69 Å². The van der Waals surface area contributed by atoms with Crippen LogP contribution in [0.2, 0.25) is 0 Å². The summed E-state index contributed by atoms with van der Waals surface area (Å²) in [5.41, 5.74) is -0.444. The second-order valence-electron chi connectivity index (χ2n) is 3.04. The number of carbonyl (C=O) groups excluding carboxylic acids is 1. The zero-order valence-electron chi connectivity index (χ0n) is 7.39. The fourth-order valence-electron chi connectivity index (χ4n) is 1.26. The van der Waals surface area contributed by atoms with E-state index in [4.69, 9.17) is 0 Å². The highest BCUT2D eigenvalue weighted by Gasteiger charge is 2.32. The molecule has 1 aliphatic heterocycles. The number of rotatable bonds is 0. The third-order valence-corrected chi connectivity index (χ3v) is 1.96. The van der Waals surface area contributed by atoms with Gasteiger partial charge >= 0.3 is 12.1 Å². The van der Waals surface area contributed by atoms with Crippen molar-refractivity contribution in [2.75, 3.05) is 11.9 Å². The molecular weight excluding hydrogens is 211 g/mol. The normalized spacial score (nSPS) is 15.3. The summed E-state index contributed by atoms with van der Waals surface area (Å²) in [7, 11) is 0. The topological polar surface area (TPSA) is 38.3 Å². The predicted octanol–water partition coefficient (Wildman–Crippen LogP) is 2.04.